The first kappa shape index (κ1) is 18.5. The van der Waals surface area contributed by atoms with Gasteiger partial charge < -0.3 is 0 Å². The van der Waals surface area contributed by atoms with E-state index in [1.165, 1.54) is 12.1 Å². The minimum absolute atomic E-state index is 0.0767. The summed E-state index contributed by atoms with van der Waals surface area (Å²) < 4.78 is 2.00. The summed E-state index contributed by atoms with van der Waals surface area (Å²) in [6.45, 7) is 0. The van der Waals surface area contributed by atoms with Crippen molar-refractivity contribution in [2.75, 3.05) is 0 Å². The van der Waals surface area contributed by atoms with Crippen LogP contribution in [0.5, 0.6) is 0 Å². The number of fused-ring (bicyclic) bond motifs is 2. The van der Waals surface area contributed by atoms with Crippen LogP contribution in [0.3, 0.4) is 0 Å². The minimum Gasteiger partial charge on any atom is -0.268 e. The van der Waals surface area contributed by atoms with Crippen molar-refractivity contribution in [3.63, 3.8) is 0 Å². The topological polar surface area (TPSA) is 78.1 Å². The standard InChI is InChI=1S/C22H10Cl2N2O4/c23-11-1-5-13(6-2-11)25-19(27)15-9-17-18(10-16(15)20(25)28)22(30)26(21(17)29)14-7-3-12(24)4-8-14/h1-10H. The minimum atomic E-state index is -0.565. The largest absolute Gasteiger partial charge is 0.268 e. The lowest BCUT2D eigenvalue weighted by atomic mass is 10.1. The number of hydrogen-bond acceptors (Lipinski definition) is 4. The molecule has 146 valence electrons. The van der Waals surface area contributed by atoms with Gasteiger partial charge in [0.1, 0.15) is 0 Å². The van der Waals surface area contributed by atoms with Crippen LogP contribution >= 0.6 is 23.2 Å². The van der Waals surface area contributed by atoms with E-state index in [4.69, 9.17) is 23.2 Å². The summed E-state index contributed by atoms with van der Waals surface area (Å²) in [6, 6.07) is 15.1. The summed E-state index contributed by atoms with van der Waals surface area (Å²) in [6.07, 6.45) is 0. The second kappa shape index (κ2) is 6.52. The summed E-state index contributed by atoms with van der Waals surface area (Å²) >= 11 is 11.8. The highest BCUT2D eigenvalue weighted by Gasteiger charge is 2.20. The molecule has 0 radical (unpaired) electrons. The van der Waals surface area contributed by atoms with E-state index < -0.39 is 22.2 Å². The van der Waals surface area contributed by atoms with E-state index in [1.54, 1.807) is 48.5 Å². The first-order chi connectivity index (χ1) is 14.4. The lowest BCUT2D eigenvalue weighted by Crippen LogP contribution is -2.24. The monoisotopic (exact) mass is 436 g/mol. The van der Waals surface area contributed by atoms with Gasteiger partial charge in [0.15, 0.2) is 0 Å². The van der Waals surface area contributed by atoms with Gasteiger partial charge in [-0.15, -0.1) is 0 Å². The molecule has 0 unspecified atom stereocenters. The van der Waals surface area contributed by atoms with E-state index in [9.17, 15) is 19.2 Å². The molecular weight excluding hydrogens is 427 g/mol. The number of benzene rings is 3. The van der Waals surface area contributed by atoms with Crippen LogP contribution < -0.4 is 22.2 Å². The fraction of sp³-hybridized carbons (Fsp3) is 0. The van der Waals surface area contributed by atoms with Crippen molar-refractivity contribution < 1.29 is 0 Å². The van der Waals surface area contributed by atoms with Gasteiger partial charge in [0.2, 0.25) is 0 Å². The van der Waals surface area contributed by atoms with E-state index >= 15 is 0 Å². The SMILES string of the molecule is O=c1c2cc3c(=O)n(-c4ccc(Cl)cc4)c(=O)c3cc2c(=O)n1-c1ccc(Cl)cc1. The molecule has 0 N–H and O–H groups in total. The summed E-state index contributed by atoms with van der Waals surface area (Å²) in [4.78, 5) is 51.7. The van der Waals surface area contributed by atoms with Crippen LogP contribution in [-0.4, -0.2) is 9.13 Å². The van der Waals surface area contributed by atoms with Gasteiger partial charge in [0.05, 0.1) is 32.9 Å². The van der Waals surface area contributed by atoms with E-state index in [1.807, 2.05) is 0 Å². The Morgan fingerprint density at radius 3 is 1.00 bits per heavy atom. The average molecular weight is 437 g/mol. The molecule has 0 aliphatic carbocycles. The van der Waals surface area contributed by atoms with Crippen LogP contribution in [0, 0.1) is 0 Å². The maximum atomic E-state index is 12.9. The van der Waals surface area contributed by atoms with Crippen LogP contribution in [0.4, 0.5) is 0 Å². The smallest absolute Gasteiger partial charge is 0.266 e. The molecule has 0 aliphatic heterocycles. The first-order valence-corrected chi connectivity index (χ1v) is 9.59. The third-order valence-corrected chi connectivity index (χ3v) is 5.57. The van der Waals surface area contributed by atoms with Gasteiger partial charge in [-0.1, -0.05) is 23.2 Å². The molecule has 0 fully saturated rings. The Balaban J connectivity index is 1.83. The first-order valence-electron chi connectivity index (χ1n) is 8.83. The molecule has 5 rings (SSSR count). The summed E-state index contributed by atoms with van der Waals surface area (Å²) in [5.41, 5.74) is -1.55. The Hall–Kier alpha value is -3.48. The molecule has 0 spiro atoms. The fourth-order valence-corrected chi connectivity index (χ4v) is 3.88. The number of halogens is 2. The number of hydrogen-bond donors (Lipinski definition) is 0. The molecule has 0 atom stereocenters. The van der Waals surface area contributed by atoms with Crippen LogP contribution in [0.1, 0.15) is 0 Å². The Morgan fingerprint density at radius 2 is 0.733 bits per heavy atom. The zero-order valence-corrected chi connectivity index (χ0v) is 16.6. The summed E-state index contributed by atoms with van der Waals surface area (Å²) in [7, 11) is 0. The number of aromatic nitrogens is 2. The maximum Gasteiger partial charge on any atom is 0.266 e. The van der Waals surface area contributed by atoms with Crippen LogP contribution in [0.15, 0.2) is 79.8 Å². The van der Waals surface area contributed by atoms with Gasteiger partial charge in [-0.05, 0) is 60.7 Å². The molecular formula is C22H10Cl2N2O4. The van der Waals surface area contributed by atoms with Crippen molar-refractivity contribution in [2.24, 2.45) is 0 Å². The third kappa shape index (κ3) is 2.58. The maximum absolute atomic E-state index is 12.9. The Bertz CT molecular complexity index is 1470. The predicted molar refractivity (Wildman–Crippen MR) is 118 cm³/mol. The molecule has 0 bridgehead atoms. The molecule has 5 aromatic rings. The molecule has 2 heterocycles. The highest BCUT2D eigenvalue weighted by molar-refractivity contribution is 6.30. The van der Waals surface area contributed by atoms with E-state index in [2.05, 4.69) is 0 Å². The average Bonchev–Trinajstić information content (AvgIpc) is 3.13. The zero-order valence-electron chi connectivity index (χ0n) is 15.1. The molecule has 8 heteroatoms. The van der Waals surface area contributed by atoms with E-state index in [0.29, 0.717) is 21.4 Å². The van der Waals surface area contributed by atoms with Gasteiger partial charge in [-0.3, -0.25) is 19.2 Å². The number of rotatable bonds is 2. The van der Waals surface area contributed by atoms with Gasteiger partial charge in [0, 0.05) is 10.0 Å². The third-order valence-electron chi connectivity index (χ3n) is 5.06. The second-order valence-corrected chi connectivity index (χ2v) is 7.66. The molecule has 0 aliphatic rings. The molecule has 0 saturated carbocycles. The molecule has 30 heavy (non-hydrogen) atoms. The molecule has 0 amide bonds. The molecule has 3 aromatic carbocycles. The lowest BCUT2D eigenvalue weighted by molar-refractivity contribution is 0.988. The second-order valence-electron chi connectivity index (χ2n) is 6.79. The van der Waals surface area contributed by atoms with Crippen molar-refractivity contribution in [2.45, 2.75) is 0 Å². The summed E-state index contributed by atoms with van der Waals surface area (Å²) in [5, 5.41) is 1.24. The Kier molecular flexibility index (Phi) is 4.03. The Morgan fingerprint density at radius 1 is 0.467 bits per heavy atom. The van der Waals surface area contributed by atoms with Gasteiger partial charge in [0.25, 0.3) is 22.2 Å². The van der Waals surface area contributed by atoms with Crippen molar-refractivity contribution in [1.29, 1.82) is 0 Å². The van der Waals surface area contributed by atoms with Gasteiger partial charge in [-0.2, -0.15) is 0 Å². The lowest BCUT2D eigenvalue weighted by Gasteiger charge is -1.99. The van der Waals surface area contributed by atoms with Crippen molar-refractivity contribution in [3.8, 4) is 11.4 Å². The molecule has 6 nitrogen and oxygen atoms in total. The van der Waals surface area contributed by atoms with Crippen molar-refractivity contribution >= 4 is 44.7 Å². The highest BCUT2D eigenvalue weighted by Crippen LogP contribution is 2.19. The van der Waals surface area contributed by atoms with Crippen molar-refractivity contribution in [3.05, 3.63) is 112 Å². The Labute approximate surface area is 177 Å². The highest BCUT2D eigenvalue weighted by atomic mass is 35.5. The van der Waals surface area contributed by atoms with Crippen LogP contribution in [0.25, 0.3) is 32.9 Å². The van der Waals surface area contributed by atoms with Crippen LogP contribution in [-0.2, 0) is 0 Å². The van der Waals surface area contributed by atoms with Gasteiger partial charge >= 0.3 is 0 Å². The van der Waals surface area contributed by atoms with E-state index in [-0.39, 0.29) is 21.5 Å². The molecule has 2 aromatic heterocycles. The normalized spacial score (nSPS) is 11.5. The number of nitrogens with zero attached hydrogens (tertiary/aromatic N) is 2. The quantitative estimate of drug-likeness (QED) is 0.425. The molecule has 0 saturated heterocycles. The van der Waals surface area contributed by atoms with Gasteiger partial charge in [-0.25, -0.2) is 9.13 Å². The predicted octanol–water partition coefficient (Wildman–Crippen LogP) is 3.20. The zero-order chi connectivity index (χ0) is 21.2. The fourth-order valence-electron chi connectivity index (χ4n) is 3.62. The van der Waals surface area contributed by atoms with Crippen molar-refractivity contribution in [1.82, 2.24) is 9.13 Å². The van der Waals surface area contributed by atoms with E-state index in [0.717, 1.165) is 9.13 Å². The van der Waals surface area contributed by atoms with Crippen LogP contribution in [0.2, 0.25) is 10.0 Å². The summed E-state index contributed by atoms with van der Waals surface area (Å²) in [5.74, 6) is 0.